The fraction of sp³-hybridized carbons (Fsp3) is 0.533. The summed E-state index contributed by atoms with van der Waals surface area (Å²) in [5.74, 6) is -0.218. The van der Waals surface area contributed by atoms with Crippen LogP contribution in [-0.4, -0.2) is 30.8 Å². The normalized spacial score (nSPS) is 19.3. The van der Waals surface area contributed by atoms with Gasteiger partial charge in [-0.25, -0.2) is 0 Å². The van der Waals surface area contributed by atoms with Crippen LogP contribution in [0.3, 0.4) is 0 Å². The van der Waals surface area contributed by atoms with Crippen molar-refractivity contribution in [3.8, 4) is 0 Å². The average molecular weight is 263 g/mol. The number of aliphatic carboxylic acids is 1. The maximum Gasteiger partial charge on any atom is 0.307 e. The zero-order valence-corrected chi connectivity index (χ0v) is 11.1. The van der Waals surface area contributed by atoms with E-state index in [1.165, 1.54) is 12.8 Å². The molecular weight excluding hydrogens is 242 g/mol. The molecule has 0 aliphatic carbocycles. The van der Waals surface area contributed by atoms with E-state index in [1.807, 2.05) is 24.3 Å². The lowest BCUT2D eigenvalue weighted by Crippen LogP contribution is -2.32. The first-order valence-corrected chi connectivity index (χ1v) is 6.82. The second kappa shape index (κ2) is 7.26. The van der Waals surface area contributed by atoms with Gasteiger partial charge < -0.3 is 15.2 Å². The summed E-state index contributed by atoms with van der Waals surface area (Å²) in [6, 6.07) is 7.59. The van der Waals surface area contributed by atoms with E-state index in [0.29, 0.717) is 12.5 Å². The van der Waals surface area contributed by atoms with Crippen molar-refractivity contribution in [3.63, 3.8) is 0 Å². The van der Waals surface area contributed by atoms with Crippen molar-refractivity contribution in [2.75, 3.05) is 19.7 Å². The molecule has 2 rings (SSSR count). The maximum atomic E-state index is 10.8. The van der Waals surface area contributed by atoms with Crippen LogP contribution >= 0.6 is 0 Å². The van der Waals surface area contributed by atoms with Crippen molar-refractivity contribution >= 4 is 5.97 Å². The summed E-state index contributed by atoms with van der Waals surface area (Å²) >= 11 is 0. The monoisotopic (exact) mass is 263 g/mol. The van der Waals surface area contributed by atoms with Gasteiger partial charge in [0.25, 0.3) is 0 Å². The standard InChI is InChI=1S/C15H21NO3/c17-15(18)8-13-5-1-2-6-14(13)11-19-10-12-4-3-7-16-9-12/h1-2,5-6,12,16H,3-4,7-11H2,(H,17,18). The topological polar surface area (TPSA) is 58.6 Å². The molecule has 1 atom stereocenters. The number of carbonyl (C=O) groups is 1. The van der Waals surface area contributed by atoms with Crippen LogP contribution < -0.4 is 5.32 Å². The van der Waals surface area contributed by atoms with E-state index in [4.69, 9.17) is 9.84 Å². The lowest BCUT2D eigenvalue weighted by molar-refractivity contribution is -0.136. The Morgan fingerprint density at radius 3 is 2.84 bits per heavy atom. The molecule has 104 valence electrons. The van der Waals surface area contributed by atoms with Crippen molar-refractivity contribution in [1.82, 2.24) is 5.32 Å². The molecule has 1 heterocycles. The van der Waals surface area contributed by atoms with Crippen LogP contribution in [0.4, 0.5) is 0 Å². The summed E-state index contributed by atoms with van der Waals surface area (Å²) in [7, 11) is 0. The minimum absolute atomic E-state index is 0.0600. The molecule has 0 amide bonds. The van der Waals surface area contributed by atoms with Gasteiger partial charge in [-0.15, -0.1) is 0 Å². The third-order valence-corrected chi connectivity index (χ3v) is 3.47. The van der Waals surface area contributed by atoms with Gasteiger partial charge >= 0.3 is 5.97 Å². The van der Waals surface area contributed by atoms with Gasteiger partial charge in [-0.2, -0.15) is 0 Å². The van der Waals surface area contributed by atoms with Gasteiger partial charge in [0.2, 0.25) is 0 Å². The molecule has 1 aromatic rings. The smallest absolute Gasteiger partial charge is 0.307 e. The highest BCUT2D eigenvalue weighted by Gasteiger charge is 2.13. The van der Waals surface area contributed by atoms with Gasteiger partial charge in [-0.1, -0.05) is 24.3 Å². The Morgan fingerprint density at radius 1 is 1.37 bits per heavy atom. The van der Waals surface area contributed by atoms with E-state index in [9.17, 15) is 4.79 Å². The Bertz CT molecular complexity index is 414. The number of benzene rings is 1. The fourth-order valence-electron chi connectivity index (χ4n) is 2.44. The number of carboxylic acids is 1. The second-order valence-electron chi connectivity index (χ2n) is 5.07. The first-order chi connectivity index (χ1) is 9.25. The van der Waals surface area contributed by atoms with E-state index < -0.39 is 5.97 Å². The molecule has 1 aromatic carbocycles. The average Bonchev–Trinajstić information content (AvgIpc) is 2.41. The lowest BCUT2D eigenvalue weighted by Gasteiger charge is -2.22. The highest BCUT2D eigenvalue weighted by atomic mass is 16.5. The molecule has 0 radical (unpaired) electrons. The highest BCUT2D eigenvalue weighted by Crippen LogP contribution is 2.14. The SMILES string of the molecule is O=C(O)Cc1ccccc1COCC1CCCNC1. The van der Waals surface area contributed by atoms with E-state index >= 15 is 0 Å². The summed E-state index contributed by atoms with van der Waals surface area (Å²) in [5.41, 5.74) is 1.82. The lowest BCUT2D eigenvalue weighted by atomic mass is 10.0. The zero-order chi connectivity index (χ0) is 13.5. The van der Waals surface area contributed by atoms with E-state index in [2.05, 4.69) is 5.32 Å². The molecule has 4 nitrogen and oxygen atoms in total. The summed E-state index contributed by atoms with van der Waals surface area (Å²) in [4.78, 5) is 10.8. The van der Waals surface area contributed by atoms with E-state index in [-0.39, 0.29) is 6.42 Å². The van der Waals surface area contributed by atoms with Crippen LogP contribution in [-0.2, 0) is 22.6 Å². The maximum absolute atomic E-state index is 10.8. The molecule has 0 bridgehead atoms. The van der Waals surface area contributed by atoms with Crippen LogP contribution in [0.25, 0.3) is 0 Å². The number of piperidine rings is 1. The summed E-state index contributed by atoms with van der Waals surface area (Å²) < 4.78 is 5.75. The Labute approximate surface area is 113 Å². The largest absolute Gasteiger partial charge is 0.481 e. The third kappa shape index (κ3) is 4.65. The van der Waals surface area contributed by atoms with Gasteiger partial charge in [-0.05, 0) is 36.4 Å². The summed E-state index contributed by atoms with van der Waals surface area (Å²) in [6.45, 7) is 3.38. The van der Waals surface area contributed by atoms with Gasteiger partial charge in [0, 0.05) is 6.54 Å². The van der Waals surface area contributed by atoms with Crippen molar-refractivity contribution in [2.24, 2.45) is 5.92 Å². The second-order valence-corrected chi connectivity index (χ2v) is 5.07. The fourth-order valence-corrected chi connectivity index (χ4v) is 2.44. The van der Waals surface area contributed by atoms with Crippen molar-refractivity contribution in [1.29, 1.82) is 0 Å². The molecule has 1 fully saturated rings. The van der Waals surface area contributed by atoms with Gasteiger partial charge in [0.1, 0.15) is 0 Å². The van der Waals surface area contributed by atoms with Crippen LogP contribution in [0.5, 0.6) is 0 Å². The molecule has 1 aliphatic heterocycles. The van der Waals surface area contributed by atoms with Gasteiger partial charge in [0.05, 0.1) is 19.6 Å². The van der Waals surface area contributed by atoms with Gasteiger partial charge in [0.15, 0.2) is 0 Å². The molecule has 0 saturated carbocycles. The Morgan fingerprint density at radius 2 is 2.16 bits per heavy atom. The number of hydrogen-bond donors (Lipinski definition) is 2. The number of rotatable bonds is 6. The molecule has 2 N–H and O–H groups in total. The number of carboxylic acid groups (broad SMARTS) is 1. The number of nitrogens with one attached hydrogen (secondary N) is 1. The van der Waals surface area contributed by atoms with Crippen LogP contribution in [0.1, 0.15) is 24.0 Å². The first-order valence-electron chi connectivity index (χ1n) is 6.82. The van der Waals surface area contributed by atoms with Crippen molar-refractivity contribution < 1.29 is 14.6 Å². The number of ether oxygens (including phenoxy) is 1. The predicted octanol–water partition coefficient (Wildman–Crippen LogP) is 1.83. The molecule has 4 heteroatoms. The third-order valence-electron chi connectivity index (χ3n) is 3.47. The van der Waals surface area contributed by atoms with E-state index in [1.54, 1.807) is 0 Å². The van der Waals surface area contributed by atoms with Crippen LogP contribution in [0.15, 0.2) is 24.3 Å². The first kappa shape index (κ1) is 14.0. The summed E-state index contributed by atoms with van der Waals surface area (Å²) in [5, 5.41) is 12.2. The summed E-state index contributed by atoms with van der Waals surface area (Å²) in [6.07, 6.45) is 2.48. The van der Waals surface area contributed by atoms with Crippen LogP contribution in [0.2, 0.25) is 0 Å². The molecule has 1 aliphatic rings. The molecule has 0 spiro atoms. The molecule has 1 saturated heterocycles. The van der Waals surface area contributed by atoms with Crippen molar-refractivity contribution in [3.05, 3.63) is 35.4 Å². The van der Waals surface area contributed by atoms with Gasteiger partial charge in [-0.3, -0.25) is 4.79 Å². The Kier molecular flexibility index (Phi) is 5.36. The molecule has 1 unspecified atom stereocenters. The minimum atomic E-state index is -0.802. The molecule has 0 aromatic heterocycles. The number of hydrogen-bond acceptors (Lipinski definition) is 3. The molecule has 19 heavy (non-hydrogen) atoms. The van der Waals surface area contributed by atoms with Crippen LogP contribution in [0, 0.1) is 5.92 Å². The highest BCUT2D eigenvalue weighted by molar-refractivity contribution is 5.70. The molecular formula is C15H21NO3. The predicted molar refractivity (Wildman–Crippen MR) is 73.0 cm³/mol. The van der Waals surface area contributed by atoms with Crippen molar-refractivity contribution in [2.45, 2.75) is 25.9 Å². The quantitative estimate of drug-likeness (QED) is 0.822. The Hall–Kier alpha value is -1.39. The van der Waals surface area contributed by atoms with E-state index in [0.717, 1.165) is 30.8 Å². The minimum Gasteiger partial charge on any atom is -0.481 e. The Balaban J connectivity index is 1.83. The zero-order valence-electron chi connectivity index (χ0n) is 11.1.